The fourth-order valence-corrected chi connectivity index (χ4v) is 8.50. The van der Waals surface area contributed by atoms with E-state index in [0.29, 0.717) is 0 Å². The highest BCUT2D eigenvalue weighted by molar-refractivity contribution is 6.13. The Balaban J connectivity index is 1.12. The van der Waals surface area contributed by atoms with Crippen molar-refractivity contribution in [3.8, 4) is 61.5 Å². The molecule has 262 valence electrons. The number of nitrogens with zero attached hydrogens (tertiary/aromatic N) is 4. The van der Waals surface area contributed by atoms with Gasteiger partial charge in [0, 0.05) is 62.2 Å². The van der Waals surface area contributed by atoms with Crippen LogP contribution in [-0.2, 0) is 0 Å². The molecule has 3 aromatic heterocycles. The first-order chi connectivity index (χ1) is 27.8. The van der Waals surface area contributed by atoms with Crippen LogP contribution >= 0.6 is 0 Å². The van der Waals surface area contributed by atoms with Crippen LogP contribution in [0.5, 0.6) is 0 Å². The van der Waals surface area contributed by atoms with Crippen LogP contribution in [0.1, 0.15) is 0 Å². The number of para-hydroxylation sites is 4. The predicted molar refractivity (Wildman–Crippen MR) is 232 cm³/mol. The van der Waals surface area contributed by atoms with E-state index in [-0.39, 0.29) is 0 Å². The van der Waals surface area contributed by atoms with Crippen molar-refractivity contribution in [2.24, 2.45) is 0 Å². The van der Waals surface area contributed by atoms with Gasteiger partial charge in [0.1, 0.15) is 0 Å². The number of anilines is 3. The van der Waals surface area contributed by atoms with Crippen molar-refractivity contribution in [2.45, 2.75) is 0 Å². The van der Waals surface area contributed by atoms with Crippen molar-refractivity contribution < 1.29 is 0 Å². The Labute approximate surface area is 325 Å². The van der Waals surface area contributed by atoms with Crippen molar-refractivity contribution in [3.63, 3.8) is 0 Å². The van der Waals surface area contributed by atoms with E-state index in [1.807, 2.05) is 18.5 Å². The van der Waals surface area contributed by atoms with E-state index in [4.69, 9.17) is 9.97 Å². The topological polar surface area (TPSA) is 34.0 Å². The average molecular weight is 715 g/mol. The molecule has 4 heteroatoms. The maximum atomic E-state index is 4.81. The third-order valence-electron chi connectivity index (χ3n) is 11.0. The quantitative estimate of drug-likeness (QED) is 0.178. The molecule has 0 bridgehead atoms. The van der Waals surface area contributed by atoms with Gasteiger partial charge in [-0.15, -0.1) is 0 Å². The zero-order chi connectivity index (χ0) is 37.0. The molecule has 56 heavy (non-hydrogen) atoms. The zero-order valence-corrected chi connectivity index (χ0v) is 30.4. The maximum absolute atomic E-state index is 4.81. The molecule has 0 fully saturated rings. The van der Waals surface area contributed by atoms with Crippen molar-refractivity contribution >= 4 is 39.0 Å². The Kier molecular flexibility index (Phi) is 7.46. The van der Waals surface area contributed by atoms with Crippen LogP contribution in [0.2, 0.25) is 0 Å². The summed E-state index contributed by atoms with van der Waals surface area (Å²) in [5.41, 5.74) is 17.8. The minimum Gasteiger partial charge on any atom is -0.309 e. The standard InChI is InChI=1S/C52H34N4/c1-3-16-35(17-4-1)39-30-38-31-40(34-54-52(38)53-33-39)37-20-15-21-41(32-37)55-47-27-12-8-23-43(47)50-44-24-9-13-28-48(44)56(51(50)45-25-10-14-29-49(45)55)46-26-11-7-22-42(46)36-18-5-2-6-19-36/h1-34H. The Morgan fingerprint density at radius 3 is 1.68 bits per heavy atom. The van der Waals surface area contributed by atoms with Gasteiger partial charge in [-0.1, -0.05) is 146 Å². The molecule has 0 N–H and O–H groups in total. The molecule has 0 saturated heterocycles. The van der Waals surface area contributed by atoms with E-state index in [0.717, 1.165) is 61.6 Å². The van der Waals surface area contributed by atoms with Crippen molar-refractivity contribution in [3.05, 3.63) is 207 Å². The van der Waals surface area contributed by atoms with E-state index in [1.54, 1.807) is 0 Å². The van der Waals surface area contributed by atoms with E-state index in [2.05, 4.69) is 198 Å². The first-order valence-corrected chi connectivity index (χ1v) is 19.0. The number of benzene rings is 7. The van der Waals surface area contributed by atoms with Crippen LogP contribution in [-0.4, -0.2) is 14.5 Å². The summed E-state index contributed by atoms with van der Waals surface area (Å²) in [4.78, 5) is 12.0. The summed E-state index contributed by atoms with van der Waals surface area (Å²) in [5.74, 6) is 0. The summed E-state index contributed by atoms with van der Waals surface area (Å²) in [6, 6.07) is 69.6. The summed E-state index contributed by atoms with van der Waals surface area (Å²) in [6.07, 6.45) is 3.85. The lowest BCUT2D eigenvalue weighted by Gasteiger charge is -2.28. The molecule has 0 atom stereocenters. The van der Waals surface area contributed by atoms with Gasteiger partial charge in [-0.05, 0) is 65.2 Å². The molecule has 0 unspecified atom stereocenters. The van der Waals surface area contributed by atoms with Crippen LogP contribution in [0.25, 0.3) is 83.4 Å². The largest absolute Gasteiger partial charge is 0.309 e. The van der Waals surface area contributed by atoms with Crippen molar-refractivity contribution in [1.29, 1.82) is 0 Å². The maximum Gasteiger partial charge on any atom is 0.159 e. The number of pyridine rings is 2. The van der Waals surface area contributed by atoms with Crippen LogP contribution in [0.15, 0.2) is 207 Å². The van der Waals surface area contributed by atoms with Crippen LogP contribution in [0, 0.1) is 0 Å². The number of rotatable bonds is 5. The normalized spacial score (nSPS) is 11.9. The summed E-state index contributed by atoms with van der Waals surface area (Å²) in [5, 5.41) is 2.23. The molecule has 10 aromatic rings. The van der Waals surface area contributed by atoms with E-state index in [1.165, 1.54) is 38.9 Å². The lowest BCUT2D eigenvalue weighted by atomic mass is 9.98. The van der Waals surface area contributed by atoms with Gasteiger partial charge in [-0.25, -0.2) is 9.97 Å². The third-order valence-corrected chi connectivity index (χ3v) is 11.0. The Morgan fingerprint density at radius 2 is 0.929 bits per heavy atom. The number of hydrogen-bond acceptors (Lipinski definition) is 3. The average Bonchev–Trinajstić information content (AvgIpc) is 3.55. The minimum absolute atomic E-state index is 0.735. The predicted octanol–water partition coefficient (Wildman–Crippen LogP) is 13.7. The molecule has 0 aliphatic carbocycles. The molecule has 4 nitrogen and oxygen atoms in total. The first kappa shape index (κ1) is 31.9. The van der Waals surface area contributed by atoms with Crippen LogP contribution in [0.3, 0.4) is 0 Å². The van der Waals surface area contributed by atoms with Crippen molar-refractivity contribution in [2.75, 3.05) is 4.90 Å². The number of aromatic nitrogens is 3. The molecule has 1 aliphatic rings. The van der Waals surface area contributed by atoms with E-state index < -0.39 is 0 Å². The fourth-order valence-electron chi connectivity index (χ4n) is 8.50. The summed E-state index contributed by atoms with van der Waals surface area (Å²) < 4.78 is 2.49. The molecular weight excluding hydrogens is 681 g/mol. The molecule has 11 rings (SSSR count). The smallest absolute Gasteiger partial charge is 0.159 e. The van der Waals surface area contributed by atoms with Crippen molar-refractivity contribution in [1.82, 2.24) is 14.5 Å². The number of hydrogen-bond donors (Lipinski definition) is 0. The molecule has 4 heterocycles. The SMILES string of the molecule is c1ccc(-c2cnc3ncc(-c4cccc(N5c6ccccc6-c6c(n(-c7ccccc7-c7ccccc7)c7ccccc67)-c6ccccc65)c4)cc3c2)cc1. The fraction of sp³-hybridized carbons (Fsp3) is 0. The highest BCUT2D eigenvalue weighted by Gasteiger charge is 2.31. The molecule has 0 radical (unpaired) electrons. The summed E-state index contributed by atoms with van der Waals surface area (Å²) in [6.45, 7) is 0. The second-order valence-corrected chi connectivity index (χ2v) is 14.2. The van der Waals surface area contributed by atoms with Gasteiger partial charge in [0.15, 0.2) is 5.65 Å². The van der Waals surface area contributed by atoms with Gasteiger partial charge in [-0.3, -0.25) is 0 Å². The second kappa shape index (κ2) is 13.1. The third kappa shape index (κ3) is 5.15. The number of fused-ring (bicyclic) bond motifs is 8. The van der Waals surface area contributed by atoms with E-state index >= 15 is 0 Å². The molecular formula is C52H34N4. The highest BCUT2D eigenvalue weighted by atomic mass is 15.2. The summed E-state index contributed by atoms with van der Waals surface area (Å²) in [7, 11) is 0. The Hall–Kier alpha value is -7.56. The Morgan fingerprint density at radius 1 is 0.375 bits per heavy atom. The van der Waals surface area contributed by atoms with Gasteiger partial charge in [0.2, 0.25) is 0 Å². The second-order valence-electron chi connectivity index (χ2n) is 14.2. The first-order valence-electron chi connectivity index (χ1n) is 19.0. The van der Waals surface area contributed by atoms with Gasteiger partial charge in [0.25, 0.3) is 0 Å². The molecule has 7 aromatic carbocycles. The molecule has 0 spiro atoms. The van der Waals surface area contributed by atoms with Gasteiger partial charge in [0.05, 0.1) is 28.3 Å². The van der Waals surface area contributed by atoms with Crippen LogP contribution < -0.4 is 4.90 Å². The van der Waals surface area contributed by atoms with Gasteiger partial charge < -0.3 is 9.47 Å². The van der Waals surface area contributed by atoms with Gasteiger partial charge >= 0.3 is 0 Å². The molecule has 0 amide bonds. The van der Waals surface area contributed by atoms with E-state index in [9.17, 15) is 0 Å². The monoisotopic (exact) mass is 714 g/mol. The summed E-state index contributed by atoms with van der Waals surface area (Å²) >= 11 is 0. The zero-order valence-electron chi connectivity index (χ0n) is 30.4. The molecule has 0 saturated carbocycles. The Bertz CT molecular complexity index is 3090. The van der Waals surface area contributed by atoms with Crippen LogP contribution in [0.4, 0.5) is 17.1 Å². The lowest BCUT2D eigenvalue weighted by Crippen LogP contribution is -2.11. The van der Waals surface area contributed by atoms with Gasteiger partial charge in [-0.2, -0.15) is 0 Å². The minimum atomic E-state index is 0.735. The lowest BCUT2D eigenvalue weighted by molar-refractivity contribution is 1.14. The molecule has 1 aliphatic heterocycles. The highest BCUT2D eigenvalue weighted by Crippen LogP contribution is 2.55.